The number of hydrogen-bond donors (Lipinski definition) is 2. The zero-order chi connectivity index (χ0) is 14.8. The normalized spacial score (nSPS) is 15.8. The molecule has 0 heterocycles. The lowest BCUT2D eigenvalue weighted by Crippen LogP contribution is -2.33. The third kappa shape index (κ3) is 2.65. The topological polar surface area (TPSA) is 55.5 Å². The predicted octanol–water partition coefficient (Wildman–Crippen LogP) is 3.26. The first kappa shape index (κ1) is 14.8. The van der Waals surface area contributed by atoms with Crippen molar-refractivity contribution in [3.8, 4) is 5.75 Å². The van der Waals surface area contributed by atoms with Gasteiger partial charge in [-0.05, 0) is 41.0 Å². The van der Waals surface area contributed by atoms with Crippen molar-refractivity contribution in [3.05, 3.63) is 42.0 Å². The van der Waals surface area contributed by atoms with E-state index in [0.717, 1.165) is 28.5 Å². The van der Waals surface area contributed by atoms with Crippen molar-refractivity contribution in [3.63, 3.8) is 0 Å². The molecule has 2 unspecified atom stereocenters. The molecule has 0 radical (unpaired) electrons. The van der Waals surface area contributed by atoms with Crippen LogP contribution in [0.25, 0.3) is 10.8 Å². The first-order valence-electron chi connectivity index (χ1n) is 7.00. The minimum Gasteiger partial charge on any atom is -0.497 e. The molecule has 2 atom stereocenters. The van der Waals surface area contributed by atoms with Crippen LogP contribution in [-0.4, -0.2) is 18.8 Å². The second-order valence-electron chi connectivity index (χ2n) is 5.59. The molecular formula is C17H23NO2. The van der Waals surface area contributed by atoms with E-state index >= 15 is 0 Å². The van der Waals surface area contributed by atoms with Gasteiger partial charge in [-0.2, -0.15) is 0 Å². The third-order valence-corrected chi connectivity index (χ3v) is 4.32. The number of hydrogen-bond acceptors (Lipinski definition) is 3. The average molecular weight is 273 g/mol. The Kier molecular flexibility index (Phi) is 4.31. The summed E-state index contributed by atoms with van der Waals surface area (Å²) < 4.78 is 5.22. The van der Waals surface area contributed by atoms with Crippen LogP contribution in [0, 0.1) is 5.41 Å². The van der Waals surface area contributed by atoms with E-state index in [1.807, 2.05) is 43.3 Å². The summed E-state index contributed by atoms with van der Waals surface area (Å²) in [6, 6.07) is 12.0. The highest BCUT2D eigenvalue weighted by molar-refractivity contribution is 5.84. The highest BCUT2D eigenvalue weighted by Crippen LogP contribution is 2.37. The summed E-state index contributed by atoms with van der Waals surface area (Å²) in [7, 11) is 1.66. The van der Waals surface area contributed by atoms with Gasteiger partial charge in [0.25, 0.3) is 0 Å². The zero-order valence-electron chi connectivity index (χ0n) is 12.4. The monoisotopic (exact) mass is 273 g/mol. The van der Waals surface area contributed by atoms with Crippen LogP contribution in [0.5, 0.6) is 5.75 Å². The first-order valence-corrected chi connectivity index (χ1v) is 7.00. The Morgan fingerprint density at radius 3 is 2.45 bits per heavy atom. The number of fused-ring (bicyclic) bond motifs is 1. The summed E-state index contributed by atoms with van der Waals surface area (Å²) in [6.45, 7) is 4.54. The van der Waals surface area contributed by atoms with Gasteiger partial charge < -0.3 is 15.6 Å². The second kappa shape index (κ2) is 5.81. The summed E-state index contributed by atoms with van der Waals surface area (Å²) in [5.74, 6) is 0.839. The molecule has 2 rings (SSSR count). The Balaban J connectivity index is 2.41. The van der Waals surface area contributed by atoms with Crippen molar-refractivity contribution < 1.29 is 9.84 Å². The number of methoxy groups -OCH3 is 1. The van der Waals surface area contributed by atoms with Crippen molar-refractivity contribution in [2.24, 2.45) is 11.1 Å². The van der Waals surface area contributed by atoms with Gasteiger partial charge in [-0.15, -0.1) is 0 Å². The zero-order valence-corrected chi connectivity index (χ0v) is 12.4. The van der Waals surface area contributed by atoms with Gasteiger partial charge in [0, 0.05) is 12.0 Å². The molecule has 108 valence electrons. The van der Waals surface area contributed by atoms with Crippen molar-refractivity contribution in [1.82, 2.24) is 0 Å². The smallest absolute Gasteiger partial charge is 0.119 e. The van der Waals surface area contributed by atoms with Crippen molar-refractivity contribution in [1.29, 1.82) is 0 Å². The average Bonchev–Trinajstić information content (AvgIpc) is 2.52. The van der Waals surface area contributed by atoms with Crippen molar-refractivity contribution in [2.45, 2.75) is 26.4 Å². The van der Waals surface area contributed by atoms with E-state index in [2.05, 4.69) is 6.92 Å². The number of nitrogens with two attached hydrogens (primary N) is 1. The maximum absolute atomic E-state index is 10.6. The van der Waals surface area contributed by atoms with E-state index in [9.17, 15) is 5.11 Å². The van der Waals surface area contributed by atoms with Crippen LogP contribution >= 0.6 is 0 Å². The van der Waals surface area contributed by atoms with Gasteiger partial charge in [0.15, 0.2) is 0 Å². The Bertz CT molecular complexity index is 591. The van der Waals surface area contributed by atoms with Gasteiger partial charge >= 0.3 is 0 Å². The van der Waals surface area contributed by atoms with Crippen LogP contribution in [0.4, 0.5) is 0 Å². The lowest BCUT2D eigenvalue weighted by Gasteiger charge is -2.32. The molecule has 0 saturated carbocycles. The molecule has 0 saturated heterocycles. The molecule has 3 nitrogen and oxygen atoms in total. The van der Waals surface area contributed by atoms with Gasteiger partial charge in [0.2, 0.25) is 0 Å². The predicted molar refractivity (Wildman–Crippen MR) is 82.9 cm³/mol. The van der Waals surface area contributed by atoms with Crippen LogP contribution in [-0.2, 0) is 0 Å². The minimum absolute atomic E-state index is 0.292. The maximum atomic E-state index is 10.6. The number of rotatable bonds is 5. The summed E-state index contributed by atoms with van der Waals surface area (Å²) in [5, 5.41) is 12.8. The van der Waals surface area contributed by atoms with E-state index in [1.165, 1.54) is 0 Å². The lowest BCUT2D eigenvalue weighted by molar-refractivity contribution is 0.0393. The lowest BCUT2D eigenvalue weighted by atomic mass is 9.78. The molecule has 2 aromatic rings. The molecule has 3 heteroatoms. The summed E-state index contributed by atoms with van der Waals surface area (Å²) in [5.41, 5.74) is 6.45. The van der Waals surface area contributed by atoms with Gasteiger partial charge in [0.05, 0.1) is 13.2 Å². The largest absolute Gasteiger partial charge is 0.497 e. The third-order valence-electron chi connectivity index (χ3n) is 4.32. The van der Waals surface area contributed by atoms with Crippen LogP contribution in [0.15, 0.2) is 36.4 Å². The number of ether oxygens (including phenoxy) is 1. The van der Waals surface area contributed by atoms with Crippen LogP contribution in [0.1, 0.15) is 31.9 Å². The van der Waals surface area contributed by atoms with E-state index in [4.69, 9.17) is 10.5 Å². The number of benzene rings is 2. The first-order chi connectivity index (χ1) is 9.54. The highest BCUT2D eigenvalue weighted by Gasteiger charge is 2.30. The summed E-state index contributed by atoms with van der Waals surface area (Å²) in [6.07, 6.45) is 0.287. The molecule has 20 heavy (non-hydrogen) atoms. The van der Waals surface area contributed by atoms with Crippen molar-refractivity contribution in [2.75, 3.05) is 13.7 Å². The van der Waals surface area contributed by atoms with E-state index in [-0.39, 0.29) is 5.41 Å². The summed E-state index contributed by atoms with van der Waals surface area (Å²) in [4.78, 5) is 0. The van der Waals surface area contributed by atoms with E-state index in [1.54, 1.807) is 7.11 Å². The van der Waals surface area contributed by atoms with Crippen LogP contribution < -0.4 is 10.5 Å². The maximum Gasteiger partial charge on any atom is 0.119 e. The summed E-state index contributed by atoms with van der Waals surface area (Å²) >= 11 is 0. The molecule has 0 aliphatic carbocycles. The van der Waals surface area contributed by atoms with Gasteiger partial charge in [-0.3, -0.25) is 0 Å². The van der Waals surface area contributed by atoms with Gasteiger partial charge in [-0.1, -0.05) is 32.0 Å². The quantitative estimate of drug-likeness (QED) is 0.879. The fourth-order valence-electron chi connectivity index (χ4n) is 2.39. The van der Waals surface area contributed by atoms with E-state index in [0.29, 0.717) is 6.54 Å². The standard InChI is InChI=1S/C17H23NO2/c1-4-17(2,11-18)16(19)14-6-5-13-10-15(20-3)8-7-12(13)9-14/h5-10,16,19H,4,11,18H2,1-3H3. The molecule has 0 aliphatic heterocycles. The fraction of sp³-hybridized carbons (Fsp3) is 0.412. The Hall–Kier alpha value is -1.58. The molecule has 0 bridgehead atoms. The molecule has 0 aromatic heterocycles. The molecule has 0 aliphatic rings. The SMILES string of the molecule is CCC(C)(CN)C(O)c1ccc2cc(OC)ccc2c1. The highest BCUT2D eigenvalue weighted by atomic mass is 16.5. The minimum atomic E-state index is -0.552. The van der Waals surface area contributed by atoms with Crippen LogP contribution in [0.2, 0.25) is 0 Å². The Morgan fingerprint density at radius 2 is 1.85 bits per heavy atom. The van der Waals surface area contributed by atoms with Crippen molar-refractivity contribution >= 4 is 10.8 Å². The van der Waals surface area contributed by atoms with Crippen LogP contribution in [0.3, 0.4) is 0 Å². The molecule has 0 amide bonds. The molecular weight excluding hydrogens is 250 g/mol. The fourth-order valence-corrected chi connectivity index (χ4v) is 2.39. The molecule has 2 aromatic carbocycles. The Labute approximate surface area is 120 Å². The van der Waals surface area contributed by atoms with Gasteiger partial charge in [-0.25, -0.2) is 0 Å². The molecule has 0 spiro atoms. The number of aliphatic hydroxyl groups excluding tert-OH is 1. The molecule has 3 N–H and O–H groups in total. The Morgan fingerprint density at radius 1 is 1.20 bits per heavy atom. The second-order valence-corrected chi connectivity index (χ2v) is 5.59. The van der Waals surface area contributed by atoms with E-state index < -0.39 is 6.10 Å². The van der Waals surface area contributed by atoms with Gasteiger partial charge in [0.1, 0.15) is 5.75 Å². The molecule has 0 fully saturated rings. The number of aliphatic hydroxyl groups is 1.